The van der Waals surface area contributed by atoms with E-state index in [1.165, 1.54) is 23.4 Å². The van der Waals surface area contributed by atoms with E-state index in [2.05, 4.69) is 83.5 Å². The molecule has 2 aromatic rings. The number of rotatable bonds is 11. The van der Waals surface area contributed by atoms with Gasteiger partial charge in [0.25, 0.3) is 0 Å². The van der Waals surface area contributed by atoms with E-state index in [-0.39, 0.29) is 23.3 Å². The number of nitrogens with zero attached hydrogens (tertiary/aromatic N) is 1. The van der Waals surface area contributed by atoms with Gasteiger partial charge in [0.1, 0.15) is 6.61 Å². The lowest BCUT2D eigenvalue weighted by molar-refractivity contribution is 0.0549. The van der Waals surface area contributed by atoms with Crippen LogP contribution < -0.4 is 4.74 Å². The minimum Gasteiger partial charge on any atom is -0.458 e. The Morgan fingerprint density at radius 3 is 2.23 bits per heavy atom. The zero-order valence-corrected chi connectivity index (χ0v) is 26.7. The lowest BCUT2D eigenvalue weighted by Gasteiger charge is -2.42. The number of benzene rings is 1. The quantitative estimate of drug-likeness (QED) is 0.119. The maximum absolute atomic E-state index is 13.5. The first-order chi connectivity index (χ1) is 18.7. The third kappa shape index (κ3) is 8.50. The SMILES string of the molecule is CCCC/C=C/c1cc2c(cc1C(=O)Oc1ccc(C(=O)OC/C=C\C[Si](C)(C)C)cn1)C(C)(C)CCC2(C)C. The van der Waals surface area contributed by atoms with Crippen LogP contribution in [0.15, 0.2) is 48.7 Å². The second kappa shape index (κ2) is 13.1. The number of hydrogen-bond acceptors (Lipinski definition) is 5. The van der Waals surface area contributed by atoms with Gasteiger partial charge in [0, 0.05) is 20.3 Å². The molecule has 1 aliphatic rings. The zero-order chi connectivity index (χ0) is 29.6. The van der Waals surface area contributed by atoms with E-state index in [1.54, 1.807) is 6.07 Å². The van der Waals surface area contributed by atoms with Crippen molar-refractivity contribution in [2.75, 3.05) is 6.61 Å². The highest BCUT2D eigenvalue weighted by molar-refractivity contribution is 6.76. The van der Waals surface area contributed by atoms with Crippen LogP contribution >= 0.6 is 0 Å². The van der Waals surface area contributed by atoms with Gasteiger partial charge in [-0.3, -0.25) is 0 Å². The van der Waals surface area contributed by atoms with E-state index in [1.807, 2.05) is 12.1 Å². The molecule has 1 heterocycles. The molecule has 3 rings (SSSR count). The molecular formula is C34H47NO4Si. The third-order valence-corrected chi connectivity index (χ3v) is 9.10. The molecule has 1 aromatic carbocycles. The van der Waals surface area contributed by atoms with Crippen LogP contribution in [0.5, 0.6) is 5.88 Å². The Balaban J connectivity index is 1.79. The van der Waals surface area contributed by atoms with Crippen molar-refractivity contribution in [1.82, 2.24) is 4.98 Å². The van der Waals surface area contributed by atoms with E-state index in [4.69, 9.17) is 9.47 Å². The number of hydrogen-bond donors (Lipinski definition) is 0. The molecule has 0 saturated carbocycles. The second-order valence-corrected chi connectivity index (χ2v) is 18.9. The van der Waals surface area contributed by atoms with Crippen molar-refractivity contribution in [3.05, 3.63) is 76.5 Å². The average molecular weight is 562 g/mol. The van der Waals surface area contributed by atoms with Gasteiger partial charge in [-0.1, -0.05) is 97.5 Å². The van der Waals surface area contributed by atoms with Gasteiger partial charge in [-0.15, -0.1) is 0 Å². The van der Waals surface area contributed by atoms with Gasteiger partial charge < -0.3 is 9.47 Å². The van der Waals surface area contributed by atoms with Gasteiger partial charge in [-0.05, 0) is 65.0 Å². The van der Waals surface area contributed by atoms with Crippen molar-refractivity contribution >= 4 is 26.1 Å². The van der Waals surface area contributed by atoms with Gasteiger partial charge in [0.15, 0.2) is 0 Å². The maximum atomic E-state index is 13.5. The van der Waals surface area contributed by atoms with Crippen LogP contribution in [0.25, 0.3) is 6.08 Å². The molecule has 216 valence electrons. The van der Waals surface area contributed by atoms with E-state index in [0.29, 0.717) is 11.1 Å². The summed E-state index contributed by atoms with van der Waals surface area (Å²) in [5.41, 5.74) is 4.22. The van der Waals surface area contributed by atoms with Crippen molar-refractivity contribution in [2.24, 2.45) is 0 Å². The minimum atomic E-state index is -1.16. The van der Waals surface area contributed by atoms with E-state index >= 15 is 0 Å². The summed E-state index contributed by atoms with van der Waals surface area (Å²) >= 11 is 0. The summed E-state index contributed by atoms with van der Waals surface area (Å²) in [7, 11) is -1.16. The van der Waals surface area contributed by atoms with Crippen LogP contribution in [0.1, 0.15) is 104 Å². The van der Waals surface area contributed by atoms with Crippen LogP contribution in [-0.2, 0) is 15.6 Å². The first-order valence-corrected chi connectivity index (χ1v) is 18.3. The molecule has 6 heteroatoms. The number of carbonyl (C=O) groups excluding carboxylic acids is 2. The lowest BCUT2D eigenvalue weighted by atomic mass is 9.62. The number of ether oxygens (including phenoxy) is 2. The van der Waals surface area contributed by atoms with Crippen LogP contribution in [-0.4, -0.2) is 31.6 Å². The molecule has 0 spiro atoms. The largest absolute Gasteiger partial charge is 0.458 e. The Hall–Kier alpha value is -2.99. The van der Waals surface area contributed by atoms with Crippen molar-refractivity contribution < 1.29 is 19.1 Å². The normalized spacial score (nSPS) is 16.2. The molecule has 0 atom stereocenters. The average Bonchev–Trinajstić information content (AvgIpc) is 2.88. The van der Waals surface area contributed by atoms with Gasteiger partial charge >= 0.3 is 11.9 Å². The highest BCUT2D eigenvalue weighted by Gasteiger charge is 2.38. The maximum Gasteiger partial charge on any atom is 0.345 e. The highest BCUT2D eigenvalue weighted by Crippen LogP contribution is 2.46. The Bertz CT molecular complexity index is 1250. The molecule has 1 aromatic heterocycles. The van der Waals surface area contributed by atoms with Crippen molar-refractivity contribution in [3.63, 3.8) is 0 Å². The smallest absolute Gasteiger partial charge is 0.345 e. The molecule has 0 saturated heterocycles. The molecule has 40 heavy (non-hydrogen) atoms. The summed E-state index contributed by atoms with van der Waals surface area (Å²) in [6.45, 7) is 18.3. The molecule has 0 amide bonds. The molecular weight excluding hydrogens is 514 g/mol. The Kier molecular flexibility index (Phi) is 10.3. The molecule has 0 fully saturated rings. The summed E-state index contributed by atoms with van der Waals surface area (Å²) in [4.78, 5) is 30.1. The predicted molar refractivity (Wildman–Crippen MR) is 167 cm³/mol. The molecule has 1 aliphatic carbocycles. The van der Waals surface area contributed by atoms with Gasteiger partial charge in [-0.25, -0.2) is 14.6 Å². The minimum absolute atomic E-state index is 0.0333. The number of unbranched alkanes of at least 4 members (excludes halogenated alkanes) is 2. The number of aromatic nitrogens is 1. The Morgan fingerprint density at radius 1 is 0.950 bits per heavy atom. The molecule has 0 unspecified atom stereocenters. The van der Waals surface area contributed by atoms with Crippen molar-refractivity contribution in [3.8, 4) is 5.88 Å². The number of fused-ring (bicyclic) bond motifs is 1. The summed E-state index contributed by atoms with van der Waals surface area (Å²) in [5, 5.41) is 0. The molecule has 0 radical (unpaired) electrons. The highest BCUT2D eigenvalue weighted by atomic mass is 28.3. The monoisotopic (exact) mass is 561 g/mol. The fraction of sp³-hybridized carbons (Fsp3) is 0.500. The van der Waals surface area contributed by atoms with Gasteiger partial charge in [0.2, 0.25) is 5.88 Å². The van der Waals surface area contributed by atoms with Crippen LogP contribution in [0.2, 0.25) is 25.7 Å². The fourth-order valence-electron chi connectivity index (χ4n) is 4.90. The summed E-state index contributed by atoms with van der Waals surface area (Å²) in [5.74, 6) is -0.760. The zero-order valence-electron chi connectivity index (χ0n) is 25.7. The topological polar surface area (TPSA) is 65.5 Å². The Morgan fingerprint density at radius 2 is 1.62 bits per heavy atom. The first kappa shape index (κ1) is 31.5. The third-order valence-electron chi connectivity index (χ3n) is 7.64. The first-order valence-electron chi connectivity index (χ1n) is 14.6. The number of carbonyl (C=O) groups is 2. The van der Waals surface area contributed by atoms with E-state index in [0.717, 1.165) is 43.7 Å². The summed E-state index contributed by atoms with van der Waals surface area (Å²) < 4.78 is 11.0. The number of pyridine rings is 1. The van der Waals surface area contributed by atoms with Crippen molar-refractivity contribution in [2.45, 2.75) is 103 Å². The van der Waals surface area contributed by atoms with Crippen LogP contribution in [0, 0.1) is 0 Å². The molecule has 0 bridgehead atoms. The van der Waals surface area contributed by atoms with Gasteiger partial charge in [-0.2, -0.15) is 0 Å². The number of allylic oxidation sites excluding steroid dienone is 2. The standard InChI is InChI=1S/C34H47NO4Si/c1-9-10-11-12-15-25-22-28-29(34(4,5)19-18-33(28,2)3)23-27(25)32(37)39-30-17-16-26(24-35-30)31(36)38-20-13-14-21-40(6,7)8/h12-17,22-24H,9-11,18-21H2,1-8H3/b14-13-,15-12+. The van der Waals surface area contributed by atoms with Crippen LogP contribution in [0.3, 0.4) is 0 Å². The predicted octanol–water partition coefficient (Wildman–Crippen LogP) is 8.90. The van der Waals surface area contributed by atoms with E-state index < -0.39 is 20.0 Å². The molecule has 0 aliphatic heterocycles. The molecule has 5 nitrogen and oxygen atoms in total. The van der Waals surface area contributed by atoms with Gasteiger partial charge in [0.05, 0.1) is 11.1 Å². The van der Waals surface area contributed by atoms with E-state index in [9.17, 15) is 9.59 Å². The van der Waals surface area contributed by atoms with Crippen molar-refractivity contribution in [1.29, 1.82) is 0 Å². The summed E-state index contributed by atoms with van der Waals surface area (Å²) in [6, 6.07) is 8.37. The van der Waals surface area contributed by atoms with Crippen LogP contribution in [0.4, 0.5) is 0 Å². The molecule has 0 N–H and O–H groups in total. The number of esters is 2. The fourth-order valence-corrected chi connectivity index (χ4v) is 5.77. The lowest BCUT2D eigenvalue weighted by Crippen LogP contribution is -2.34. The Labute approximate surface area is 242 Å². The second-order valence-electron chi connectivity index (χ2n) is 13.4. The summed E-state index contributed by atoms with van der Waals surface area (Å²) in [6.07, 6.45) is 14.9.